The van der Waals surface area contributed by atoms with E-state index in [4.69, 9.17) is 19.4 Å². The van der Waals surface area contributed by atoms with Crippen LogP contribution in [0.5, 0.6) is 0 Å². The zero-order valence-electron chi connectivity index (χ0n) is 13.7. The van der Waals surface area contributed by atoms with Gasteiger partial charge in [0.1, 0.15) is 0 Å². The predicted molar refractivity (Wildman–Crippen MR) is 70.3 cm³/mol. The van der Waals surface area contributed by atoms with E-state index in [0.717, 1.165) is 6.92 Å². The number of ether oxygens (including phenoxy) is 2. The van der Waals surface area contributed by atoms with E-state index in [1.165, 1.54) is 0 Å². The minimum absolute atomic E-state index is 0. The monoisotopic (exact) mass is 338 g/mol. The van der Waals surface area contributed by atoms with Gasteiger partial charge in [0.05, 0.1) is 12.2 Å². The second kappa shape index (κ2) is 14.5. The summed E-state index contributed by atoms with van der Waals surface area (Å²) in [5, 5.41) is 19.7. The molecule has 1 unspecified atom stereocenters. The predicted octanol–water partition coefficient (Wildman–Crippen LogP) is 0.0824. The molecule has 21 heavy (non-hydrogen) atoms. The zero-order valence-corrected chi connectivity index (χ0v) is 15.2. The minimum Gasteiger partial charge on any atom is -0.550 e. The van der Waals surface area contributed by atoms with Crippen molar-refractivity contribution in [3.05, 3.63) is 0 Å². The molecule has 0 radical (unpaired) electrons. The Hall–Kier alpha value is -0.426. The fraction of sp³-hybridized carbons (Fsp3) is 0.857. The van der Waals surface area contributed by atoms with Crippen molar-refractivity contribution in [2.75, 3.05) is 0 Å². The first-order valence-electron chi connectivity index (χ1n) is 6.79. The van der Waals surface area contributed by atoms with Crippen LogP contribution in [-0.4, -0.2) is 30.4 Å². The van der Waals surface area contributed by atoms with Crippen molar-refractivity contribution >= 4 is 11.9 Å². The van der Waals surface area contributed by atoms with Crippen LogP contribution in [0.2, 0.25) is 0 Å². The van der Waals surface area contributed by atoms with Gasteiger partial charge in [-0.1, -0.05) is 6.92 Å². The maximum atomic E-state index is 10.8. The number of carbonyl (C=O) groups excluding carboxylic acids is 2. The van der Waals surface area contributed by atoms with Gasteiger partial charge in [-0.05, 0) is 41.0 Å². The summed E-state index contributed by atoms with van der Waals surface area (Å²) >= 11 is 0. The molecule has 7 heteroatoms. The van der Waals surface area contributed by atoms with Gasteiger partial charge in [0.15, 0.2) is 6.29 Å². The first-order valence-corrected chi connectivity index (χ1v) is 6.79. The van der Waals surface area contributed by atoms with Gasteiger partial charge in [0, 0.05) is 24.3 Å². The van der Waals surface area contributed by atoms with E-state index < -0.39 is 24.1 Å². The molecule has 0 amide bonds. The molecule has 0 aliphatic rings. The Morgan fingerprint density at radius 3 is 1.52 bits per heavy atom. The molecule has 0 fully saturated rings. The molecule has 0 heterocycles. The van der Waals surface area contributed by atoms with Gasteiger partial charge in [0.25, 0.3) is 0 Å². The molecule has 0 bridgehead atoms. The molecule has 0 rings (SSSR count). The van der Waals surface area contributed by atoms with E-state index in [9.17, 15) is 9.90 Å². The Balaban J connectivity index is -0.000000572. The number of rotatable bonds is 8. The van der Waals surface area contributed by atoms with Crippen LogP contribution in [0.1, 0.15) is 54.4 Å². The number of aliphatic carboxylic acids is 2. The van der Waals surface area contributed by atoms with Crippen LogP contribution in [0.3, 0.4) is 0 Å². The summed E-state index contributed by atoms with van der Waals surface area (Å²) in [4.78, 5) is 19.7. The standard InChI is InChI=1S/C12H24O4.C2H4O2.Ti/c1-6-10(12(13)14)7-11(15-8(2)3)16-9(4)5;1-2(3)4;/h8-11H,6-7H2,1-5H3,(H,13,14);1H3,(H,3,4);/q;;+2/p-2. The molecule has 0 aromatic rings. The average Bonchev–Trinajstić information content (AvgIpc) is 2.22. The maximum absolute atomic E-state index is 10.8. The maximum Gasteiger partial charge on any atom is 2.00 e. The van der Waals surface area contributed by atoms with Crippen molar-refractivity contribution in [3.63, 3.8) is 0 Å². The first kappa shape index (κ1) is 25.5. The largest absolute Gasteiger partial charge is 2.00 e. The van der Waals surface area contributed by atoms with Crippen LogP contribution in [0.25, 0.3) is 0 Å². The topological polar surface area (TPSA) is 98.7 Å². The number of hydrogen-bond acceptors (Lipinski definition) is 6. The van der Waals surface area contributed by atoms with E-state index in [0.29, 0.717) is 12.8 Å². The summed E-state index contributed by atoms with van der Waals surface area (Å²) in [5.41, 5.74) is 0. The van der Waals surface area contributed by atoms with Gasteiger partial charge in [-0.2, -0.15) is 0 Å². The molecule has 122 valence electrons. The van der Waals surface area contributed by atoms with E-state index in [1.807, 2.05) is 34.6 Å². The molecule has 6 nitrogen and oxygen atoms in total. The molecule has 0 aromatic heterocycles. The Labute approximate surface area is 142 Å². The van der Waals surface area contributed by atoms with Crippen LogP contribution >= 0.6 is 0 Å². The SMILES string of the molecule is CC(=O)[O-].CCC(CC(OC(C)C)OC(C)C)C(=O)[O-].[Ti+2]. The normalized spacial score (nSPS) is 11.7. The van der Waals surface area contributed by atoms with Crippen molar-refractivity contribution in [2.24, 2.45) is 5.92 Å². The average molecular weight is 338 g/mol. The molecular weight excluding hydrogens is 312 g/mol. The van der Waals surface area contributed by atoms with Crippen molar-refractivity contribution < 1.29 is 51.0 Å². The van der Waals surface area contributed by atoms with Crippen molar-refractivity contribution in [1.29, 1.82) is 0 Å². The van der Waals surface area contributed by atoms with Gasteiger partial charge in [-0.15, -0.1) is 0 Å². The molecule has 0 spiro atoms. The molecule has 0 saturated heterocycles. The van der Waals surface area contributed by atoms with Crippen LogP contribution in [0.4, 0.5) is 0 Å². The third kappa shape index (κ3) is 19.6. The van der Waals surface area contributed by atoms with Gasteiger partial charge in [0.2, 0.25) is 0 Å². The third-order valence-corrected chi connectivity index (χ3v) is 2.15. The number of carbonyl (C=O) groups is 2. The summed E-state index contributed by atoms with van der Waals surface area (Å²) in [5.74, 6) is -2.63. The van der Waals surface area contributed by atoms with Gasteiger partial charge >= 0.3 is 21.7 Å². The molecular formula is C14H26O6Ti. The first-order chi connectivity index (χ1) is 9.09. The Morgan fingerprint density at radius 2 is 1.33 bits per heavy atom. The van der Waals surface area contributed by atoms with Crippen molar-refractivity contribution in [3.8, 4) is 0 Å². The Kier molecular flexibility index (Phi) is 17.6. The number of hydrogen-bond donors (Lipinski definition) is 0. The van der Waals surface area contributed by atoms with Gasteiger partial charge in [-0.3, -0.25) is 0 Å². The molecule has 0 N–H and O–H groups in total. The summed E-state index contributed by atoms with van der Waals surface area (Å²) in [7, 11) is 0. The molecule has 1 atom stereocenters. The zero-order chi connectivity index (χ0) is 16.3. The van der Waals surface area contributed by atoms with Crippen molar-refractivity contribution in [1.82, 2.24) is 0 Å². The Morgan fingerprint density at radius 1 is 1.00 bits per heavy atom. The Bertz CT molecular complexity index is 267. The molecule has 0 aliphatic heterocycles. The van der Waals surface area contributed by atoms with Crippen LogP contribution < -0.4 is 10.2 Å². The molecule has 0 aliphatic carbocycles. The van der Waals surface area contributed by atoms with Crippen LogP contribution in [0.15, 0.2) is 0 Å². The van der Waals surface area contributed by atoms with Crippen LogP contribution in [-0.2, 0) is 40.8 Å². The van der Waals surface area contributed by atoms with E-state index in [-0.39, 0.29) is 33.9 Å². The fourth-order valence-electron chi connectivity index (χ4n) is 1.41. The summed E-state index contributed by atoms with van der Waals surface area (Å²) in [6.45, 7) is 10.4. The van der Waals surface area contributed by atoms with Gasteiger partial charge < -0.3 is 29.3 Å². The van der Waals surface area contributed by atoms with Crippen LogP contribution in [0, 0.1) is 5.92 Å². The quantitative estimate of drug-likeness (QED) is 0.459. The summed E-state index contributed by atoms with van der Waals surface area (Å²) < 4.78 is 11.1. The second-order valence-electron chi connectivity index (χ2n) is 4.95. The minimum atomic E-state index is -1.08. The second-order valence-corrected chi connectivity index (χ2v) is 4.95. The smallest absolute Gasteiger partial charge is 0.550 e. The van der Waals surface area contributed by atoms with E-state index >= 15 is 0 Å². The summed E-state index contributed by atoms with van der Waals surface area (Å²) in [6, 6.07) is 0. The number of carboxylic acid groups (broad SMARTS) is 2. The van der Waals surface area contributed by atoms with E-state index in [1.54, 1.807) is 0 Å². The van der Waals surface area contributed by atoms with E-state index in [2.05, 4.69) is 0 Å². The van der Waals surface area contributed by atoms with Crippen molar-refractivity contribution in [2.45, 2.75) is 72.9 Å². The number of carboxylic acids is 2. The molecule has 0 saturated carbocycles. The fourth-order valence-corrected chi connectivity index (χ4v) is 1.41. The molecule has 0 aromatic carbocycles. The third-order valence-electron chi connectivity index (χ3n) is 2.15. The summed E-state index contributed by atoms with van der Waals surface area (Å²) in [6.07, 6.45) is 0.436. The van der Waals surface area contributed by atoms with Gasteiger partial charge in [-0.25, -0.2) is 0 Å².